The van der Waals surface area contributed by atoms with Crippen LogP contribution in [0.25, 0.3) is 0 Å². The van der Waals surface area contributed by atoms with E-state index in [9.17, 15) is 4.79 Å². The number of fused-ring (bicyclic) bond motifs is 1. The molecule has 1 unspecified atom stereocenters. The molecular weight excluding hydrogens is 350 g/mol. The first-order chi connectivity index (χ1) is 13.3. The summed E-state index contributed by atoms with van der Waals surface area (Å²) < 4.78 is 11.7. The molecule has 1 heterocycles. The first-order valence-corrected chi connectivity index (χ1v) is 9.68. The van der Waals surface area contributed by atoms with Crippen molar-refractivity contribution in [3.63, 3.8) is 0 Å². The van der Waals surface area contributed by atoms with E-state index in [0.717, 1.165) is 46.1 Å². The third kappa shape index (κ3) is 3.17. The third-order valence-electron chi connectivity index (χ3n) is 5.67. The van der Waals surface area contributed by atoms with Gasteiger partial charge in [-0.05, 0) is 41.3 Å². The number of benzene rings is 2. The van der Waals surface area contributed by atoms with Gasteiger partial charge in [-0.25, -0.2) is 0 Å². The van der Waals surface area contributed by atoms with Crippen molar-refractivity contribution in [3.8, 4) is 11.5 Å². The number of ketones is 1. The van der Waals surface area contributed by atoms with Crippen LogP contribution >= 0.6 is 0 Å². The second-order valence-corrected chi connectivity index (χ2v) is 8.70. The van der Waals surface area contributed by atoms with Gasteiger partial charge in [-0.3, -0.25) is 4.79 Å². The Labute approximate surface area is 166 Å². The molecule has 1 aliphatic heterocycles. The molecule has 4 nitrogen and oxygen atoms in total. The quantitative estimate of drug-likeness (QED) is 0.760. The summed E-state index contributed by atoms with van der Waals surface area (Å²) in [5.74, 6) is 2.45. The number of allylic oxidation sites excluding steroid dienone is 2. The molecule has 4 rings (SSSR count). The van der Waals surface area contributed by atoms with Gasteiger partial charge in [0.05, 0.1) is 7.11 Å². The predicted molar refractivity (Wildman–Crippen MR) is 111 cm³/mol. The van der Waals surface area contributed by atoms with E-state index in [2.05, 4.69) is 43.0 Å². The first-order valence-electron chi connectivity index (χ1n) is 9.68. The molecule has 2 aromatic rings. The van der Waals surface area contributed by atoms with Gasteiger partial charge in [-0.2, -0.15) is 0 Å². The standard InChI is InChI=1S/C24H27NO3/c1-24(2)13-19(26)23-21(14-24)28-20-11-10-17(27-5)12-18(20)22(23)15-6-8-16(9-7-15)25(3)4/h6-12,22H,13-14H2,1-5H3. The number of hydrogen-bond donors (Lipinski definition) is 0. The highest BCUT2D eigenvalue weighted by molar-refractivity contribution is 6.00. The highest BCUT2D eigenvalue weighted by Crippen LogP contribution is 2.50. The van der Waals surface area contributed by atoms with Crippen molar-refractivity contribution in [2.24, 2.45) is 5.41 Å². The number of methoxy groups -OCH3 is 1. The summed E-state index contributed by atoms with van der Waals surface area (Å²) in [6, 6.07) is 14.3. The zero-order chi connectivity index (χ0) is 20.1. The molecule has 2 aliphatic rings. The Morgan fingerprint density at radius 1 is 1.07 bits per heavy atom. The smallest absolute Gasteiger partial charge is 0.163 e. The lowest BCUT2D eigenvalue weighted by Gasteiger charge is -2.38. The van der Waals surface area contributed by atoms with E-state index in [1.54, 1.807) is 7.11 Å². The Kier molecular flexibility index (Phi) is 4.45. The average molecular weight is 377 g/mol. The minimum atomic E-state index is -0.131. The van der Waals surface area contributed by atoms with E-state index in [1.807, 2.05) is 32.3 Å². The van der Waals surface area contributed by atoms with Crippen molar-refractivity contribution in [1.82, 2.24) is 0 Å². The number of nitrogens with zero attached hydrogens (tertiary/aromatic N) is 1. The van der Waals surface area contributed by atoms with Crippen LogP contribution in [0.5, 0.6) is 11.5 Å². The van der Waals surface area contributed by atoms with E-state index in [-0.39, 0.29) is 17.1 Å². The second kappa shape index (κ2) is 6.69. The summed E-state index contributed by atoms with van der Waals surface area (Å²) in [5, 5.41) is 0. The summed E-state index contributed by atoms with van der Waals surface area (Å²) in [6.45, 7) is 4.25. The van der Waals surface area contributed by atoms with Gasteiger partial charge < -0.3 is 14.4 Å². The summed E-state index contributed by atoms with van der Waals surface area (Å²) >= 11 is 0. The number of carbonyl (C=O) groups excluding carboxylic acids is 1. The molecule has 0 fully saturated rings. The van der Waals surface area contributed by atoms with Gasteiger partial charge in [-0.15, -0.1) is 0 Å². The van der Waals surface area contributed by atoms with Gasteiger partial charge in [0.25, 0.3) is 0 Å². The van der Waals surface area contributed by atoms with E-state index >= 15 is 0 Å². The van der Waals surface area contributed by atoms with Crippen molar-refractivity contribution in [3.05, 3.63) is 64.9 Å². The van der Waals surface area contributed by atoms with Crippen LogP contribution in [0.3, 0.4) is 0 Å². The molecule has 0 saturated heterocycles. The maximum absolute atomic E-state index is 13.2. The minimum Gasteiger partial charge on any atom is -0.497 e. The van der Waals surface area contributed by atoms with Crippen LogP contribution in [-0.2, 0) is 4.79 Å². The highest BCUT2D eigenvalue weighted by atomic mass is 16.5. The molecule has 1 atom stereocenters. The molecule has 1 aliphatic carbocycles. The maximum atomic E-state index is 13.2. The fourth-order valence-corrected chi connectivity index (χ4v) is 4.26. The van der Waals surface area contributed by atoms with E-state index in [1.165, 1.54) is 0 Å². The minimum absolute atomic E-state index is 0.0841. The van der Waals surface area contributed by atoms with Gasteiger partial charge in [0, 0.05) is 49.7 Å². The molecule has 28 heavy (non-hydrogen) atoms. The van der Waals surface area contributed by atoms with Gasteiger partial charge in [0.2, 0.25) is 0 Å². The second-order valence-electron chi connectivity index (χ2n) is 8.70. The van der Waals surface area contributed by atoms with E-state index in [4.69, 9.17) is 9.47 Å². The monoisotopic (exact) mass is 377 g/mol. The maximum Gasteiger partial charge on any atom is 0.163 e. The Balaban J connectivity index is 1.89. The molecule has 0 N–H and O–H groups in total. The SMILES string of the molecule is COc1ccc2c(c1)C(c1ccc(N(C)C)cc1)C1=C(CC(C)(C)CC1=O)O2. The Morgan fingerprint density at radius 2 is 1.79 bits per heavy atom. The Hall–Kier alpha value is -2.75. The summed E-state index contributed by atoms with van der Waals surface area (Å²) in [5.41, 5.74) is 3.94. The van der Waals surface area contributed by atoms with Gasteiger partial charge in [-0.1, -0.05) is 26.0 Å². The van der Waals surface area contributed by atoms with Crippen LogP contribution < -0.4 is 14.4 Å². The summed E-state index contributed by atoms with van der Waals surface area (Å²) in [4.78, 5) is 15.3. The molecule has 146 valence electrons. The van der Waals surface area contributed by atoms with Crippen molar-refractivity contribution >= 4 is 11.5 Å². The number of hydrogen-bond acceptors (Lipinski definition) is 4. The third-order valence-corrected chi connectivity index (χ3v) is 5.67. The molecule has 2 aromatic carbocycles. The van der Waals surface area contributed by atoms with Crippen LogP contribution in [0.15, 0.2) is 53.8 Å². The number of Topliss-reactive ketones (excluding diaryl/α,β-unsaturated/α-hetero) is 1. The first kappa shape index (κ1) is 18.6. The predicted octanol–water partition coefficient (Wildman–Crippen LogP) is 4.93. The highest BCUT2D eigenvalue weighted by Gasteiger charge is 2.42. The fraction of sp³-hybridized carbons (Fsp3) is 0.375. The van der Waals surface area contributed by atoms with Crippen LogP contribution in [0.2, 0.25) is 0 Å². The molecule has 0 bridgehead atoms. The van der Waals surface area contributed by atoms with Gasteiger partial charge in [0.15, 0.2) is 5.78 Å². The van der Waals surface area contributed by atoms with Crippen molar-refractivity contribution in [2.45, 2.75) is 32.6 Å². The van der Waals surface area contributed by atoms with Crippen LogP contribution in [-0.4, -0.2) is 27.0 Å². The van der Waals surface area contributed by atoms with Crippen LogP contribution in [0.4, 0.5) is 5.69 Å². The zero-order valence-corrected chi connectivity index (χ0v) is 17.2. The number of ether oxygens (including phenoxy) is 2. The number of anilines is 1. The topological polar surface area (TPSA) is 38.8 Å². The lowest BCUT2D eigenvalue weighted by molar-refractivity contribution is -0.118. The lowest BCUT2D eigenvalue weighted by Crippen LogP contribution is -2.32. The van der Waals surface area contributed by atoms with E-state index in [0.29, 0.717) is 6.42 Å². The lowest BCUT2D eigenvalue weighted by atomic mass is 9.70. The van der Waals surface area contributed by atoms with Crippen molar-refractivity contribution in [1.29, 1.82) is 0 Å². The Bertz CT molecular complexity index is 954. The molecular formula is C24H27NO3. The number of rotatable bonds is 3. The van der Waals surface area contributed by atoms with E-state index < -0.39 is 0 Å². The molecule has 0 radical (unpaired) electrons. The zero-order valence-electron chi connectivity index (χ0n) is 17.2. The normalized spacial score (nSPS) is 20.2. The Morgan fingerprint density at radius 3 is 2.43 bits per heavy atom. The molecule has 0 aromatic heterocycles. The van der Waals surface area contributed by atoms with Crippen molar-refractivity contribution in [2.75, 3.05) is 26.1 Å². The fourth-order valence-electron chi connectivity index (χ4n) is 4.26. The van der Waals surface area contributed by atoms with Crippen molar-refractivity contribution < 1.29 is 14.3 Å². The largest absolute Gasteiger partial charge is 0.497 e. The van der Waals surface area contributed by atoms with Crippen LogP contribution in [0, 0.1) is 5.41 Å². The summed E-state index contributed by atoms with van der Waals surface area (Å²) in [7, 11) is 5.71. The molecule has 0 amide bonds. The molecule has 4 heteroatoms. The number of carbonyl (C=O) groups is 1. The van der Waals surface area contributed by atoms with Gasteiger partial charge >= 0.3 is 0 Å². The van der Waals surface area contributed by atoms with Gasteiger partial charge in [0.1, 0.15) is 17.3 Å². The molecule has 0 spiro atoms. The molecule has 0 saturated carbocycles. The summed E-state index contributed by atoms with van der Waals surface area (Å²) in [6.07, 6.45) is 1.31. The van der Waals surface area contributed by atoms with Crippen LogP contribution in [0.1, 0.15) is 43.7 Å². The average Bonchev–Trinajstić information content (AvgIpc) is 2.65.